The molecule has 0 bridgehead atoms. The molecule has 2 rings (SSSR count). The van der Waals surface area contributed by atoms with E-state index in [9.17, 15) is 9.59 Å². The number of para-hydroxylation sites is 1. The van der Waals surface area contributed by atoms with Gasteiger partial charge in [-0.2, -0.15) is 0 Å². The third-order valence-corrected chi connectivity index (χ3v) is 2.64. The molecule has 1 N–H and O–H groups in total. The molecule has 0 fully saturated rings. The van der Waals surface area contributed by atoms with E-state index in [1.54, 1.807) is 19.1 Å². The normalized spacial score (nSPS) is 10.6. The van der Waals surface area contributed by atoms with Crippen molar-refractivity contribution in [2.24, 2.45) is 0 Å². The Labute approximate surface area is 91.5 Å². The van der Waals surface area contributed by atoms with Crippen molar-refractivity contribution in [3.8, 4) is 0 Å². The molecular weight excluding hydrogens is 208 g/mol. The van der Waals surface area contributed by atoms with Crippen LogP contribution >= 0.6 is 0 Å². The molecule has 0 unspecified atom stereocenters. The molecule has 2 aromatic rings. The highest BCUT2D eigenvalue weighted by Gasteiger charge is 2.20. The number of carboxylic acid groups (broad SMARTS) is 1. The first-order valence-corrected chi connectivity index (χ1v) is 4.78. The fourth-order valence-corrected chi connectivity index (χ4v) is 1.66. The summed E-state index contributed by atoms with van der Waals surface area (Å²) >= 11 is 0. The Morgan fingerprint density at radius 1 is 1.25 bits per heavy atom. The first-order valence-electron chi connectivity index (χ1n) is 4.78. The summed E-state index contributed by atoms with van der Waals surface area (Å²) in [5.74, 6) is -1.72. The summed E-state index contributed by atoms with van der Waals surface area (Å²) in [7, 11) is 0. The number of aryl methyl sites for hydroxylation is 2. The summed E-state index contributed by atoms with van der Waals surface area (Å²) in [5, 5.41) is 9.46. The minimum Gasteiger partial charge on any atom is -0.475 e. The fourth-order valence-electron chi connectivity index (χ4n) is 1.66. The third-order valence-electron chi connectivity index (χ3n) is 2.64. The van der Waals surface area contributed by atoms with Gasteiger partial charge in [-0.15, -0.1) is 0 Å². The average molecular weight is 218 g/mol. The number of ketones is 1. The smallest absolute Gasteiger partial charge is 0.377 e. The van der Waals surface area contributed by atoms with Gasteiger partial charge < -0.3 is 9.52 Å². The number of Topliss-reactive ketones (excluding diaryl/α,β-unsaturated/α-hetero) is 1. The SMILES string of the molecule is Cc1oc2c(C(=O)C(=O)O)cccc2c1C. The second-order valence-corrected chi connectivity index (χ2v) is 3.60. The van der Waals surface area contributed by atoms with Gasteiger partial charge in [0.25, 0.3) is 5.78 Å². The molecule has 0 aliphatic carbocycles. The highest BCUT2D eigenvalue weighted by Crippen LogP contribution is 2.27. The number of fused-ring (bicyclic) bond motifs is 1. The zero-order valence-corrected chi connectivity index (χ0v) is 8.90. The van der Waals surface area contributed by atoms with Gasteiger partial charge in [0.1, 0.15) is 11.3 Å². The maximum absolute atomic E-state index is 11.4. The van der Waals surface area contributed by atoms with Crippen molar-refractivity contribution in [2.45, 2.75) is 13.8 Å². The van der Waals surface area contributed by atoms with Gasteiger partial charge >= 0.3 is 5.97 Å². The molecule has 0 amide bonds. The molecule has 0 saturated carbocycles. The monoisotopic (exact) mass is 218 g/mol. The molecule has 16 heavy (non-hydrogen) atoms. The van der Waals surface area contributed by atoms with Gasteiger partial charge in [-0.3, -0.25) is 4.79 Å². The largest absolute Gasteiger partial charge is 0.475 e. The lowest BCUT2D eigenvalue weighted by molar-refractivity contribution is -0.131. The summed E-state index contributed by atoms with van der Waals surface area (Å²) in [5.41, 5.74) is 1.38. The number of benzene rings is 1. The number of furan rings is 1. The molecule has 4 nitrogen and oxygen atoms in total. The van der Waals surface area contributed by atoms with Crippen molar-refractivity contribution >= 4 is 22.7 Å². The van der Waals surface area contributed by atoms with Crippen molar-refractivity contribution < 1.29 is 19.1 Å². The van der Waals surface area contributed by atoms with Gasteiger partial charge in [0.15, 0.2) is 0 Å². The van der Waals surface area contributed by atoms with E-state index in [0.29, 0.717) is 11.3 Å². The van der Waals surface area contributed by atoms with Gasteiger partial charge in [0.2, 0.25) is 0 Å². The number of rotatable bonds is 2. The summed E-state index contributed by atoms with van der Waals surface area (Å²) < 4.78 is 5.42. The van der Waals surface area contributed by atoms with Gasteiger partial charge in [0, 0.05) is 5.39 Å². The number of carbonyl (C=O) groups is 2. The van der Waals surface area contributed by atoms with Gasteiger partial charge in [-0.1, -0.05) is 12.1 Å². The van der Waals surface area contributed by atoms with E-state index in [0.717, 1.165) is 10.9 Å². The summed E-state index contributed by atoms with van der Waals surface area (Å²) in [6.45, 7) is 3.65. The fraction of sp³-hybridized carbons (Fsp3) is 0.167. The van der Waals surface area contributed by atoms with E-state index in [1.165, 1.54) is 6.07 Å². The minimum atomic E-state index is -1.47. The highest BCUT2D eigenvalue weighted by molar-refractivity contribution is 6.41. The molecule has 0 spiro atoms. The molecule has 0 atom stereocenters. The Balaban J connectivity index is 2.77. The lowest BCUT2D eigenvalue weighted by Gasteiger charge is -1.96. The molecule has 0 aliphatic heterocycles. The van der Waals surface area contributed by atoms with Crippen molar-refractivity contribution in [2.75, 3.05) is 0 Å². The predicted octanol–water partition coefficient (Wildman–Crippen LogP) is 2.32. The van der Waals surface area contributed by atoms with E-state index < -0.39 is 11.8 Å². The zero-order chi connectivity index (χ0) is 11.9. The van der Waals surface area contributed by atoms with E-state index in [1.807, 2.05) is 6.92 Å². The minimum absolute atomic E-state index is 0.0983. The van der Waals surface area contributed by atoms with Crippen molar-refractivity contribution in [1.29, 1.82) is 0 Å². The lowest BCUT2D eigenvalue weighted by Crippen LogP contribution is -2.12. The quantitative estimate of drug-likeness (QED) is 0.620. The Morgan fingerprint density at radius 3 is 2.56 bits per heavy atom. The number of carbonyl (C=O) groups excluding carboxylic acids is 1. The second-order valence-electron chi connectivity index (χ2n) is 3.60. The summed E-state index contributed by atoms with van der Waals surface area (Å²) in [6.07, 6.45) is 0. The third kappa shape index (κ3) is 1.39. The molecule has 0 aliphatic rings. The predicted molar refractivity (Wildman–Crippen MR) is 57.7 cm³/mol. The topological polar surface area (TPSA) is 67.5 Å². The molecule has 1 aromatic carbocycles. The summed E-state index contributed by atoms with van der Waals surface area (Å²) in [6, 6.07) is 4.92. The maximum atomic E-state index is 11.4. The van der Waals surface area contributed by atoms with Crippen LogP contribution in [0.15, 0.2) is 22.6 Å². The van der Waals surface area contributed by atoms with E-state index in [-0.39, 0.29) is 5.56 Å². The van der Waals surface area contributed by atoms with Crippen LogP contribution in [-0.2, 0) is 4.79 Å². The standard InChI is InChI=1S/C12H10O4/c1-6-7(2)16-11-8(6)4-3-5-9(11)10(13)12(14)15/h3-5H,1-2H3,(H,14,15). The van der Waals surface area contributed by atoms with Gasteiger partial charge in [0.05, 0.1) is 5.56 Å². The number of hydrogen-bond donors (Lipinski definition) is 1. The first kappa shape index (κ1) is 10.4. The molecule has 4 heteroatoms. The van der Waals surface area contributed by atoms with Crippen molar-refractivity contribution in [1.82, 2.24) is 0 Å². The number of aliphatic carboxylic acids is 1. The van der Waals surface area contributed by atoms with Crippen molar-refractivity contribution in [3.63, 3.8) is 0 Å². The molecule has 1 heterocycles. The van der Waals surface area contributed by atoms with Crippen LogP contribution in [0.25, 0.3) is 11.0 Å². The van der Waals surface area contributed by atoms with Crippen LogP contribution < -0.4 is 0 Å². The van der Waals surface area contributed by atoms with E-state index in [4.69, 9.17) is 9.52 Å². The number of carboxylic acids is 1. The highest BCUT2D eigenvalue weighted by atomic mass is 16.4. The van der Waals surface area contributed by atoms with Crippen molar-refractivity contribution in [3.05, 3.63) is 35.1 Å². The Hall–Kier alpha value is -2.10. The van der Waals surface area contributed by atoms with Gasteiger partial charge in [-0.05, 0) is 25.5 Å². The van der Waals surface area contributed by atoms with E-state index >= 15 is 0 Å². The Morgan fingerprint density at radius 2 is 1.94 bits per heavy atom. The Bertz CT molecular complexity index is 592. The molecule has 0 radical (unpaired) electrons. The lowest BCUT2D eigenvalue weighted by atomic mass is 10.1. The first-order chi connectivity index (χ1) is 7.52. The maximum Gasteiger partial charge on any atom is 0.377 e. The van der Waals surface area contributed by atoms with E-state index in [2.05, 4.69) is 0 Å². The molecule has 0 saturated heterocycles. The van der Waals surface area contributed by atoms with Crippen LogP contribution in [0.1, 0.15) is 21.7 Å². The molecule has 82 valence electrons. The zero-order valence-electron chi connectivity index (χ0n) is 8.90. The van der Waals surface area contributed by atoms with Crippen LogP contribution in [0.4, 0.5) is 0 Å². The Kier molecular flexibility index (Phi) is 2.27. The van der Waals surface area contributed by atoms with Crippen LogP contribution in [0.3, 0.4) is 0 Å². The second kappa shape index (κ2) is 3.48. The van der Waals surface area contributed by atoms with Crippen LogP contribution in [0.2, 0.25) is 0 Å². The van der Waals surface area contributed by atoms with Crippen LogP contribution in [0, 0.1) is 13.8 Å². The summed E-state index contributed by atoms with van der Waals surface area (Å²) in [4.78, 5) is 22.1. The average Bonchev–Trinajstić information content (AvgIpc) is 2.54. The molecule has 1 aromatic heterocycles. The van der Waals surface area contributed by atoms with Crippen LogP contribution in [-0.4, -0.2) is 16.9 Å². The van der Waals surface area contributed by atoms with Gasteiger partial charge in [-0.25, -0.2) is 4.79 Å². The molecular formula is C12H10O4. The van der Waals surface area contributed by atoms with Crippen LogP contribution in [0.5, 0.6) is 0 Å². The number of hydrogen-bond acceptors (Lipinski definition) is 3.